The largest absolute Gasteiger partial charge is 0.462 e. The molecule has 0 heterocycles. The fourth-order valence-corrected chi connectivity index (χ4v) is 8.89. The second-order valence-corrected chi connectivity index (χ2v) is 19.7. The van der Waals surface area contributed by atoms with E-state index in [4.69, 9.17) is 4.74 Å². The van der Waals surface area contributed by atoms with E-state index in [9.17, 15) is 19.8 Å². The molecule has 0 aliphatic carbocycles. The van der Waals surface area contributed by atoms with Crippen LogP contribution < -0.4 is 5.32 Å². The highest BCUT2D eigenvalue weighted by Gasteiger charge is 2.24. The summed E-state index contributed by atoms with van der Waals surface area (Å²) < 4.78 is 5.95. The number of nitrogens with one attached hydrogen (secondary N) is 1. The number of carbonyl (C=O) groups is 2. The summed E-state index contributed by atoms with van der Waals surface area (Å²) >= 11 is 0. The molecule has 0 aromatic carbocycles. The lowest BCUT2D eigenvalue weighted by Crippen LogP contribution is -2.46. The van der Waals surface area contributed by atoms with Gasteiger partial charge >= 0.3 is 5.97 Å². The van der Waals surface area contributed by atoms with Gasteiger partial charge in [0.1, 0.15) is 6.10 Å². The van der Waals surface area contributed by atoms with Crippen LogP contribution in [0.2, 0.25) is 0 Å². The van der Waals surface area contributed by atoms with Gasteiger partial charge in [0.2, 0.25) is 5.91 Å². The summed E-state index contributed by atoms with van der Waals surface area (Å²) in [5.74, 6) is -0.478. The maximum absolute atomic E-state index is 13.2. The van der Waals surface area contributed by atoms with Gasteiger partial charge in [0.05, 0.1) is 25.2 Å². The molecule has 378 valence electrons. The summed E-state index contributed by atoms with van der Waals surface area (Å²) in [5.41, 5.74) is 0. The number of allylic oxidation sites excluding steroid dienone is 4. The van der Waals surface area contributed by atoms with Crippen molar-refractivity contribution < 1.29 is 24.5 Å². The molecule has 0 aromatic heterocycles. The number of esters is 1. The minimum atomic E-state index is -0.789. The van der Waals surface area contributed by atoms with Gasteiger partial charge in [-0.2, -0.15) is 0 Å². The predicted octanol–water partition coefficient (Wildman–Crippen LogP) is 17.5. The summed E-state index contributed by atoms with van der Waals surface area (Å²) in [7, 11) is 0. The Bertz CT molecular complexity index is 1010. The van der Waals surface area contributed by atoms with Crippen LogP contribution >= 0.6 is 0 Å². The average Bonchev–Trinajstić information content (AvgIpc) is 3.29. The van der Waals surface area contributed by atoms with Gasteiger partial charge in [0.15, 0.2) is 0 Å². The van der Waals surface area contributed by atoms with Crippen LogP contribution in [0.15, 0.2) is 24.3 Å². The average molecular weight is 903 g/mol. The highest BCUT2D eigenvalue weighted by atomic mass is 16.5. The summed E-state index contributed by atoms with van der Waals surface area (Å²) in [6.07, 6.45) is 61.0. The summed E-state index contributed by atoms with van der Waals surface area (Å²) in [4.78, 5) is 26.2. The van der Waals surface area contributed by atoms with E-state index in [1.54, 1.807) is 0 Å². The highest BCUT2D eigenvalue weighted by Crippen LogP contribution is 2.18. The van der Waals surface area contributed by atoms with Crippen molar-refractivity contribution in [2.45, 2.75) is 328 Å². The standard InChI is InChI=1S/C58H111NO5/c1-4-7-10-13-16-19-22-25-28-29-30-33-36-39-42-45-48-51-58(63)64-54(49-46-43-40-37-34-31-26-23-20-17-14-11-8-5-2)52-57(62)59-55(53-60)56(61)50-47-44-41-38-35-32-27-24-21-18-15-12-9-6-3/h25,28,31,34,54-56,60-61H,4-24,26-27,29-30,32-33,35-53H2,1-3H3,(H,59,62)/b28-25+,34-31+. The SMILES string of the molecule is CCCCCCCC/C=C/CCCCCCCCCC(=O)OC(CCCCC/C=C/CCCCCCCCC)CC(=O)NC(CO)C(O)CCCCCCCCCCCCCCCC. The fourth-order valence-electron chi connectivity index (χ4n) is 8.89. The molecule has 0 rings (SSSR count). The van der Waals surface area contributed by atoms with Crippen LogP contribution in [-0.4, -0.2) is 46.9 Å². The molecule has 3 N–H and O–H groups in total. The summed E-state index contributed by atoms with van der Waals surface area (Å²) in [6.45, 7) is 6.50. The first-order valence-corrected chi connectivity index (χ1v) is 28.6. The molecule has 0 fully saturated rings. The van der Waals surface area contributed by atoms with Gasteiger partial charge in [-0.1, -0.05) is 244 Å². The molecule has 0 saturated carbocycles. The molecule has 0 aromatic rings. The zero-order valence-electron chi connectivity index (χ0n) is 43.2. The summed E-state index contributed by atoms with van der Waals surface area (Å²) in [6, 6.07) is -0.704. The molecule has 0 saturated heterocycles. The van der Waals surface area contributed by atoms with E-state index in [1.807, 2.05) is 0 Å². The number of ether oxygens (including phenoxy) is 1. The molecule has 3 atom stereocenters. The van der Waals surface area contributed by atoms with Crippen LogP contribution in [0.3, 0.4) is 0 Å². The number of aliphatic hydroxyl groups is 2. The highest BCUT2D eigenvalue weighted by molar-refractivity contribution is 5.77. The third-order valence-electron chi connectivity index (χ3n) is 13.3. The third kappa shape index (κ3) is 46.9. The molecule has 6 nitrogen and oxygen atoms in total. The number of unbranched alkanes of at least 4 members (excludes halogenated alkanes) is 36. The van der Waals surface area contributed by atoms with Crippen molar-refractivity contribution in [3.05, 3.63) is 24.3 Å². The molecule has 6 heteroatoms. The second-order valence-electron chi connectivity index (χ2n) is 19.7. The Morgan fingerprint density at radius 1 is 0.438 bits per heavy atom. The molecule has 0 aliphatic rings. The van der Waals surface area contributed by atoms with Gasteiger partial charge in [-0.05, 0) is 77.0 Å². The lowest BCUT2D eigenvalue weighted by atomic mass is 10.0. The molecule has 0 radical (unpaired) electrons. The lowest BCUT2D eigenvalue weighted by molar-refractivity contribution is -0.151. The van der Waals surface area contributed by atoms with Crippen LogP contribution in [0.1, 0.15) is 310 Å². The van der Waals surface area contributed by atoms with Crippen molar-refractivity contribution in [2.75, 3.05) is 6.61 Å². The Hall–Kier alpha value is -1.66. The van der Waals surface area contributed by atoms with E-state index in [2.05, 4.69) is 50.4 Å². The van der Waals surface area contributed by atoms with E-state index >= 15 is 0 Å². The first kappa shape index (κ1) is 62.3. The van der Waals surface area contributed by atoms with Gasteiger partial charge in [0, 0.05) is 6.42 Å². The molecule has 64 heavy (non-hydrogen) atoms. The Morgan fingerprint density at radius 3 is 1.12 bits per heavy atom. The molecule has 1 amide bonds. The molecule has 0 aliphatic heterocycles. The van der Waals surface area contributed by atoms with Crippen LogP contribution in [-0.2, 0) is 14.3 Å². The van der Waals surface area contributed by atoms with Gasteiger partial charge in [-0.15, -0.1) is 0 Å². The normalized spacial score (nSPS) is 13.3. The van der Waals surface area contributed by atoms with E-state index in [-0.39, 0.29) is 24.9 Å². The van der Waals surface area contributed by atoms with E-state index in [0.717, 1.165) is 57.8 Å². The topological polar surface area (TPSA) is 95.9 Å². The maximum Gasteiger partial charge on any atom is 0.306 e. The molecule has 0 spiro atoms. The van der Waals surface area contributed by atoms with E-state index in [1.165, 1.54) is 205 Å². The number of hydrogen-bond donors (Lipinski definition) is 3. The number of rotatable bonds is 52. The molecule has 0 bridgehead atoms. The number of aliphatic hydroxyl groups excluding tert-OH is 2. The van der Waals surface area contributed by atoms with Crippen LogP contribution in [0.5, 0.6) is 0 Å². The number of hydrogen-bond acceptors (Lipinski definition) is 5. The predicted molar refractivity (Wildman–Crippen MR) is 278 cm³/mol. The second kappa shape index (κ2) is 52.3. The Morgan fingerprint density at radius 2 is 0.750 bits per heavy atom. The number of amides is 1. The molecular formula is C58H111NO5. The van der Waals surface area contributed by atoms with Crippen LogP contribution in [0.4, 0.5) is 0 Å². The minimum absolute atomic E-state index is 0.0698. The zero-order valence-corrected chi connectivity index (χ0v) is 43.2. The Balaban J connectivity index is 4.54. The van der Waals surface area contributed by atoms with Crippen LogP contribution in [0.25, 0.3) is 0 Å². The smallest absolute Gasteiger partial charge is 0.306 e. The van der Waals surface area contributed by atoms with Crippen molar-refractivity contribution in [2.24, 2.45) is 0 Å². The Labute approximate surface area is 399 Å². The summed E-state index contributed by atoms with van der Waals surface area (Å²) in [5, 5.41) is 23.9. The minimum Gasteiger partial charge on any atom is -0.462 e. The fraction of sp³-hybridized carbons (Fsp3) is 0.897. The lowest BCUT2D eigenvalue weighted by Gasteiger charge is -2.24. The van der Waals surface area contributed by atoms with Crippen molar-refractivity contribution in [3.63, 3.8) is 0 Å². The monoisotopic (exact) mass is 902 g/mol. The van der Waals surface area contributed by atoms with Crippen molar-refractivity contribution in [1.82, 2.24) is 5.32 Å². The van der Waals surface area contributed by atoms with Gasteiger partial charge in [-0.25, -0.2) is 0 Å². The van der Waals surface area contributed by atoms with Crippen LogP contribution in [0, 0.1) is 0 Å². The van der Waals surface area contributed by atoms with Crippen molar-refractivity contribution in [3.8, 4) is 0 Å². The van der Waals surface area contributed by atoms with E-state index < -0.39 is 18.2 Å². The zero-order chi connectivity index (χ0) is 46.7. The Kier molecular flexibility index (Phi) is 51.0. The number of carbonyl (C=O) groups excluding carboxylic acids is 2. The maximum atomic E-state index is 13.2. The van der Waals surface area contributed by atoms with Gasteiger partial charge < -0.3 is 20.3 Å². The first-order valence-electron chi connectivity index (χ1n) is 28.6. The van der Waals surface area contributed by atoms with Gasteiger partial charge in [-0.3, -0.25) is 9.59 Å². The van der Waals surface area contributed by atoms with E-state index in [0.29, 0.717) is 19.3 Å². The quantitative estimate of drug-likeness (QED) is 0.0321. The van der Waals surface area contributed by atoms with Gasteiger partial charge in [0.25, 0.3) is 0 Å². The molecule has 3 unspecified atom stereocenters. The third-order valence-corrected chi connectivity index (χ3v) is 13.3. The first-order chi connectivity index (χ1) is 31.5. The van der Waals surface area contributed by atoms with Crippen molar-refractivity contribution in [1.29, 1.82) is 0 Å². The molecular weight excluding hydrogens is 791 g/mol. The van der Waals surface area contributed by atoms with Crippen molar-refractivity contribution >= 4 is 11.9 Å².